The Kier molecular flexibility index (Phi) is 6.92. The highest BCUT2D eigenvalue weighted by atomic mass is 35.5. The number of para-hydroxylation sites is 1. The van der Waals surface area contributed by atoms with Gasteiger partial charge in [-0.3, -0.25) is 0 Å². The molecule has 4 aromatic rings. The first-order valence-corrected chi connectivity index (χ1v) is 12.7. The van der Waals surface area contributed by atoms with E-state index >= 15 is 0 Å². The van der Waals surface area contributed by atoms with E-state index in [4.69, 9.17) is 25.8 Å². The molecule has 0 bridgehead atoms. The summed E-state index contributed by atoms with van der Waals surface area (Å²) in [5.41, 5.74) is 4.08. The molecule has 3 aromatic carbocycles. The summed E-state index contributed by atoms with van der Waals surface area (Å²) in [6, 6.07) is 21.4. The van der Waals surface area contributed by atoms with Gasteiger partial charge in [-0.25, -0.2) is 0 Å². The zero-order valence-corrected chi connectivity index (χ0v) is 20.8. The number of anilines is 1. The fourth-order valence-electron chi connectivity index (χ4n) is 3.76. The minimum Gasteiger partial charge on any atom is -0.490 e. The highest BCUT2D eigenvalue weighted by Crippen LogP contribution is 2.43. The van der Waals surface area contributed by atoms with Gasteiger partial charge in [-0.15, -0.1) is 10.2 Å². The smallest absolute Gasteiger partial charge is 0.247 e. The van der Waals surface area contributed by atoms with E-state index in [1.54, 1.807) is 0 Å². The molecule has 0 aliphatic carbocycles. The van der Waals surface area contributed by atoms with Crippen molar-refractivity contribution in [1.29, 1.82) is 0 Å². The molecule has 35 heavy (non-hydrogen) atoms. The lowest BCUT2D eigenvalue weighted by Crippen LogP contribution is -2.17. The van der Waals surface area contributed by atoms with Crippen LogP contribution in [0.15, 0.2) is 71.9 Å². The first-order valence-electron chi connectivity index (χ1n) is 11.1. The molecule has 1 N–H and O–H groups in total. The SMILES string of the molecule is CCOc1cc([C@H]2Nc3ccccc3-c3nnc(SC)nc3O2)cc(Cl)c1OCc1ccccc1. The molecule has 1 aliphatic rings. The Balaban J connectivity index is 1.52. The maximum atomic E-state index is 6.72. The van der Waals surface area contributed by atoms with Gasteiger partial charge in [-0.1, -0.05) is 71.9 Å². The summed E-state index contributed by atoms with van der Waals surface area (Å²) in [5, 5.41) is 13.0. The lowest BCUT2D eigenvalue weighted by Gasteiger charge is -2.22. The van der Waals surface area contributed by atoms with Gasteiger partial charge in [-0.2, -0.15) is 4.98 Å². The Labute approximate surface area is 212 Å². The number of nitrogens with one attached hydrogen (secondary N) is 1. The van der Waals surface area contributed by atoms with Gasteiger partial charge in [0.05, 0.1) is 11.6 Å². The van der Waals surface area contributed by atoms with Gasteiger partial charge in [0.15, 0.2) is 23.4 Å². The fraction of sp³-hybridized carbons (Fsp3) is 0.192. The van der Waals surface area contributed by atoms with Gasteiger partial charge in [0.25, 0.3) is 0 Å². The van der Waals surface area contributed by atoms with Crippen LogP contribution in [0.4, 0.5) is 5.69 Å². The second kappa shape index (κ2) is 10.4. The first kappa shape index (κ1) is 23.3. The third kappa shape index (κ3) is 4.99. The topological polar surface area (TPSA) is 78.4 Å². The molecule has 5 rings (SSSR count). The second-order valence-corrected chi connectivity index (χ2v) is 8.86. The van der Waals surface area contributed by atoms with Gasteiger partial charge in [0.2, 0.25) is 11.0 Å². The van der Waals surface area contributed by atoms with E-state index in [-0.39, 0.29) is 0 Å². The van der Waals surface area contributed by atoms with Crippen molar-refractivity contribution in [1.82, 2.24) is 15.2 Å². The molecule has 178 valence electrons. The Hall–Kier alpha value is -3.49. The van der Waals surface area contributed by atoms with Crippen LogP contribution in [0.3, 0.4) is 0 Å². The highest BCUT2D eigenvalue weighted by molar-refractivity contribution is 7.98. The summed E-state index contributed by atoms with van der Waals surface area (Å²) >= 11 is 8.12. The van der Waals surface area contributed by atoms with E-state index in [1.807, 2.05) is 79.9 Å². The number of benzene rings is 3. The average molecular weight is 507 g/mol. The van der Waals surface area contributed by atoms with Crippen LogP contribution in [0, 0.1) is 0 Å². The third-order valence-corrected chi connectivity index (χ3v) is 6.20. The predicted molar refractivity (Wildman–Crippen MR) is 137 cm³/mol. The van der Waals surface area contributed by atoms with E-state index in [0.29, 0.717) is 46.5 Å². The summed E-state index contributed by atoms with van der Waals surface area (Å²) in [7, 11) is 0. The van der Waals surface area contributed by atoms with E-state index in [2.05, 4.69) is 20.5 Å². The van der Waals surface area contributed by atoms with Crippen molar-refractivity contribution >= 4 is 29.1 Å². The molecular formula is C26H23ClN4O3S. The molecule has 2 heterocycles. The maximum Gasteiger partial charge on any atom is 0.247 e. The van der Waals surface area contributed by atoms with Crippen molar-refractivity contribution in [2.45, 2.75) is 24.9 Å². The molecule has 0 spiro atoms. The molecule has 0 unspecified atom stereocenters. The van der Waals surface area contributed by atoms with Gasteiger partial charge in [0.1, 0.15) is 6.61 Å². The van der Waals surface area contributed by atoms with Crippen LogP contribution >= 0.6 is 23.4 Å². The lowest BCUT2D eigenvalue weighted by atomic mass is 10.1. The molecule has 9 heteroatoms. The molecule has 0 saturated heterocycles. The molecule has 1 atom stereocenters. The number of hydrogen-bond acceptors (Lipinski definition) is 8. The summed E-state index contributed by atoms with van der Waals surface area (Å²) in [5.74, 6) is 1.43. The van der Waals surface area contributed by atoms with Crippen molar-refractivity contribution in [3.05, 3.63) is 82.9 Å². The summed E-state index contributed by atoms with van der Waals surface area (Å²) in [6.07, 6.45) is 1.30. The number of aromatic nitrogens is 3. The zero-order valence-electron chi connectivity index (χ0n) is 19.2. The van der Waals surface area contributed by atoms with Crippen LogP contribution in [0.5, 0.6) is 17.4 Å². The molecule has 1 aromatic heterocycles. The minimum absolute atomic E-state index is 0.374. The van der Waals surface area contributed by atoms with Crippen LogP contribution < -0.4 is 19.5 Å². The molecule has 0 radical (unpaired) electrons. The van der Waals surface area contributed by atoms with E-state index in [0.717, 1.165) is 22.4 Å². The summed E-state index contributed by atoms with van der Waals surface area (Å²) in [6.45, 7) is 2.75. The molecule has 0 fully saturated rings. The summed E-state index contributed by atoms with van der Waals surface area (Å²) < 4.78 is 18.3. The zero-order chi connectivity index (χ0) is 24.2. The summed E-state index contributed by atoms with van der Waals surface area (Å²) in [4.78, 5) is 4.57. The molecular weight excluding hydrogens is 484 g/mol. The Morgan fingerprint density at radius 1 is 1.03 bits per heavy atom. The Morgan fingerprint density at radius 3 is 2.63 bits per heavy atom. The van der Waals surface area contributed by atoms with Crippen molar-refractivity contribution in [3.63, 3.8) is 0 Å². The monoisotopic (exact) mass is 506 g/mol. The van der Waals surface area contributed by atoms with Crippen LogP contribution in [0.1, 0.15) is 24.3 Å². The lowest BCUT2D eigenvalue weighted by molar-refractivity contribution is 0.223. The van der Waals surface area contributed by atoms with Crippen molar-refractivity contribution in [2.24, 2.45) is 0 Å². The van der Waals surface area contributed by atoms with Gasteiger partial charge < -0.3 is 19.5 Å². The predicted octanol–water partition coefficient (Wildman–Crippen LogP) is 6.39. The van der Waals surface area contributed by atoms with E-state index < -0.39 is 6.23 Å². The molecule has 0 saturated carbocycles. The highest BCUT2D eigenvalue weighted by Gasteiger charge is 2.27. The van der Waals surface area contributed by atoms with Crippen LogP contribution in [0.2, 0.25) is 5.02 Å². The number of ether oxygens (including phenoxy) is 3. The van der Waals surface area contributed by atoms with E-state index in [9.17, 15) is 0 Å². The average Bonchev–Trinajstić information content (AvgIpc) is 3.05. The van der Waals surface area contributed by atoms with Gasteiger partial charge >= 0.3 is 0 Å². The minimum atomic E-state index is -0.594. The van der Waals surface area contributed by atoms with Crippen LogP contribution in [-0.2, 0) is 6.61 Å². The Morgan fingerprint density at radius 2 is 1.83 bits per heavy atom. The van der Waals surface area contributed by atoms with Gasteiger partial charge in [-0.05, 0) is 36.9 Å². The number of rotatable bonds is 7. The largest absolute Gasteiger partial charge is 0.490 e. The standard InChI is InChI=1S/C26H23ClN4O3S/c1-3-32-21-14-17(13-19(27)23(21)33-15-16-9-5-4-6-10-16)24-28-20-12-8-7-11-18(20)22-25(34-24)29-26(35-2)31-30-22/h4-14,24,28H,3,15H2,1-2H3/t24-/m0/s1. The normalized spacial score (nSPS) is 14.1. The van der Waals surface area contributed by atoms with Crippen molar-refractivity contribution in [2.75, 3.05) is 18.2 Å². The third-order valence-electron chi connectivity index (χ3n) is 5.38. The fourth-order valence-corrected chi connectivity index (χ4v) is 4.33. The Bertz CT molecular complexity index is 1340. The number of thioether (sulfide) groups is 1. The van der Waals surface area contributed by atoms with Gasteiger partial charge in [0, 0.05) is 16.8 Å². The maximum absolute atomic E-state index is 6.72. The first-order chi connectivity index (χ1) is 17.2. The second-order valence-electron chi connectivity index (χ2n) is 7.68. The number of fused-ring (bicyclic) bond motifs is 3. The van der Waals surface area contributed by atoms with Crippen molar-refractivity contribution < 1.29 is 14.2 Å². The number of halogens is 1. The quantitative estimate of drug-likeness (QED) is 0.289. The van der Waals surface area contributed by atoms with Crippen LogP contribution in [-0.4, -0.2) is 28.0 Å². The van der Waals surface area contributed by atoms with E-state index in [1.165, 1.54) is 11.8 Å². The molecule has 7 nitrogen and oxygen atoms in total. The number of hydrogen-bond donors (Lipinski definition) is 1. The molecule has 1 aliphatic heterocycles. The van der Waals surface area contributed by atoms with Crippen molar-refractivity contribution in [3.8, 4) is 28.6 Å². The van der Waals surface area contributed by atoms with Crippen LogP contribution in [0.25, 0.3) is 11.3 Å². The number of nitrogens with zero attached hydrogens (tertiary/aromatic N) is 3. The molecule has 0 amide bonds.